The van der Waals surface area contributed by atoms with E-state index in [2.05, 4.69) is 13.8 Å². The number of rotatable bonds is 38. The van der Waals surface area contributed by atoms with Crippen LogP contribution in [0.1, 0.15) is 224 Å². The monoisotopic (exact) mass is 1020 g/mol. The van der Waals surface area contributed by atoms with Crippen LogP contribution in [0.4, 0.5) is 0 Å². The third-order valence-electron chi connectivity index (χ3n) is 14.9. The number of carbonyl (C=O) groups excluding carboxylic acids is 4. The van der Waals surface area contributed by atoms with Crippen LogP contribution in [-0.2, 0) is 28.6 Å². The molecule has 5 aromatic rings. The topological polar surface area (TPSA) is 130 Å². The number of nitrogens with zero attached hydrogens (tertiary/aromatic N) is 2. The molecule has 2 aliphatic heterocycles. The number of hydrogen-bond donors (Lipinski definition) is 0. The number of hydrogen-bond acceptors (Lipinski definition) is 10. The number of fused-ring (bicyclic) bond motifs is 2. The van der Waals surface area contributed by atoms with Gasteiger partial charge in [0, 0.05) is 24.0 Å². The van der Waals surface area contributed by atoms with Crippen molar-refractivity contribution in [3.63, 3.8) is 0 Å². The number of ether oxygens (including phenoxy) is 4. The van der Waals surface area contributed by atoms with E-state index in [1.165, 1.54) is 128 Å². The third-order valence-corrected chi connectivity index (χ3v) is 14.9. The van der Waals surface area contributed by atoms with Crippen LogP contribution in [-0.4, -0.2) is 97.8 Å². The van der Waals surface area contributed by atoms with Crippen LogP contribution in [0.3, 0.4) is 0 Å². The summed E-state index contributed by atoms with van der Waals surface area (Å²) in [7, 11) is 0. The Balaban J connectivity index is 0.895. The van der Waals surface area contributed by atoms with Crippen LogP contribution >= 0.6 is 0 Å². The summed E-state index contributed by atoms with van der Waals surface area (Å²) in [5.41, 5.74) is 1.40. The van der Waals surface area contributed by atoms with E-state index in [1.54, 1.807) is 38.1 Å². The van der Waals surface area contributed by atoms with E-state index in [4.69, 9.17) is 28.6 Å². The Bertz CT molecular complexity index is 2310. The first-order valence-electron chi connectivity index (χ1n) is 28.8. The number of benzene rings is 5. The molecule has 0 saturated carbocycles. The summed E-state index contributed by atoms with van der Waals surface area (Å²) in [6, 6.07) is 14.4. The van der Waals surface area contributed by atoms with Gasteiger partial charge in [0.05, 0.1) is 60.9 Å². The largest absolute Gasteiger partial charge is 0.379 e. The molecule has 12 heteroatoms. The molecule has 12 nitrogen and oxygen atoms in total. The summed E-state index contributed by atoms with van der Waals surface area (Å²) in [5, 5.41) is 7.54. The molecule has 0 aliphatic carbocycles. The molecule has 0 N–H and O–H groups in total. The van der Waals surface area contributed by atoms with Crippen LogP contribution in [0, 0.1) is 0 Å². The van der Waals surface area contributed by atoms with Gasteiger partial charge < -0.3 is 18.9 Å². The fourth-order valence-corrected chi connectivity index (χ4v) is 10.8. The van der Waals surface area contributed by atoms with E-state index < -0.39 is 35.8 Å². The SMILES string of the molecule is CCCCCCCCCCCCCOCC(C)OCC(C)ON1C(=O)c2ccc3c4ccc5c6c(ccc(c7ccc(c2c37)C1=O)c64)C(=O)N(OC(C)COC(C)COCCCCCCCCCCCCC)C5=O. The molecule has 2 aliphatic rings. The van der Waals surface area contributed by atoms with E-state index >= 15 is 0 Å². The standard InChI is InChI=1S/C62H86N2O10/c1-7-9-11-13-15-17-19-21-23-25-27-37-69-39-43(3)71-41-45(5)73-63-59(65)51-33-29-47-49-31-35-53-58-54(36-32-50(56(49)58)48-30-34-52(60(63)66)57(51)55(47)48)62(68)64(61(53)67)74-46(6)42-72-44(4)40-70-38-28-26-24-22-20-18-16-14-12-10-8-2/h29-36,43-46H,7-28,37-42H2,1-6H3. The Morgan fingerprint density at radius 2 is 0.608 bits per heavy atom. The summed E-state index contributed by atoms with van der Waals surface area (Å²) >= 11 is 0. The first kappa shape index (κ1) is 57.2. The highest BCUT2D eigenvalue weighted by Gasteiger charge is 2.39. The lowest BCUT2D eigenvalue weighted by atomic mass is 9.82. The predicted octanol–water partition coefficient (Wildman–Crippen LogP) is 15.0. The van der Waals surface area contributed by atoms with Gasteiger partial charge in [-0.3, -0.25) is 28.9 Å². The molecule has 0 bridgehead atoms. The second-order valence-electron chi connectivity index (χ2n) is 21.3. The van der Waals surface area contributed by atoms with Crippen molar-refractivity contribution in [2.45, 2.75) is 207 Å². The Labute approximate surface area is 440 Å². The molecule has 2 heterocycles. The maximum atomic E-state index is 14.1. The Morgan fingerprint density at radius 3 is 0.892 bits per heavy atom. The van der Waals surface area contributed by atoms with E-state index in [0.29, 0.717) is 59.5 Å². The molecule has 4 unspecified atom stereocenters. The third kappa shape index (κ3) is 14.5. The van der Waals surface area contributed by atoms with Crippen molar-refractivity contribution in [2.24, 2.45) is 0 Å². The fraction of sp³-hybridized carbons (Fsp3) is 0.613. The van der Waals surface area contributed by atoms with Gasteiger partial charge in [0.2, 0.25) is 0 Å². The van der Waals surface area contributed by atoms with Crippen molar-refractivity contribution in [2.75, 3.05) is 39.6 Å². The minimum Gasteiger partial charge on any atom is -0.379 e. The predicted molar refractivity (Wildman–Crippen MR) is 295 cm³/mol. The lowest BCUT2D eigenvalue weighted by Gasteiger charge is -2.31. The zero-order valence-corrected chi connectivity index (χ0v) is 45.7. The van der Waals surface area contributed by atoms with Crippen LogP contribution in [0.15, 0.2) is 48.5 Å². The molecule has 404 valence electrons. The van der Waals surface area contributed by atoms with Crippen LogP contribution in [0.25, 0.3) is 43.1 Å². The summed E-state index contributed by atoms with van der Waals surface area (Å²) in [6.45, 7) is 14.6. The number of hydroxylamine groups is 4. The second-order valence-corrected chi connectivity index (χ2v) is 21.3. The van der Waals surface area contributed by atoms with E-state index in [9.17, 15) is 19.2 Å². The highest BCUT2D eigenvalue weighted by Crippen LogP contribution is 2.46. The number of carbonyl (C=O) groups is 4. The molecular formula is C62H86N2O10. The van der Waals surface area contributed by atoms with Gasteiger partial charge in [-0.2, -0.15) is 0 Å². The zero-order valence-electron chi connectivity index (χ0n) is 45.7. The Kier molecular flexibility index (Phi) is 22.5. The molecule has 5 aromatic carbocycles. The first-order chi connectivity index (χ1) is 36.0. The fourth-order valence-electron chi connectivity index (χ4n) is 10.8. The van der Waals surface area contributed by atoms with Crippen molar-refractivity contribution >= 4 is 66.7 Å². The zero-order chi connectivity index (χ0) is 52.4. The molecular weight excluding hydrogens is 933 g/mol. The molecule has 7 rings (SSSR count). The van der Waals surface area contributed by atoms with Crippen molar-refractivity contribution in [1.82, 2.24) is 10.1 Å². The minimum atomic E-state index is -0.594. The van der Waals surface area contributed by atoms with Gasteiger partial charge >= 0.3 is 0 Å². The molecule has 4 atom stereocenters. The smallest absolute Gasteiger partial charge is 0.285 e. The van der Waals surface area contributed by atoms with Gasteiger partial charge in [-0.25, -0.2) is 0 Å². The second kappa shape index (κ2) is 29.1. The average molecular weight is 1020 g/mol. The van der Waals surface area contributed by atoms with Crippen molar-refractivity contribution in [1.29, 1.82) is 0 Å². The Morgan fingerprint density at radius 1 is 0.338 bits per heavy atom. The maximum absolute atomic E-state index is 14.1. The molecule has 74 heavy (non-hydrogen) atoms. The van der Waals surface area contributed by atoms with Gasteiger partial charge in [-0.1, -0.05) is 167 Å². The molecule has 0 radical (unpaired) electrons. The summed E-state index contributed by atoms with van der Waals surface area (Å²) in [6.07, 6.45) is 26.8. The average Bonchev–Trinajstić information content (AvgIpc) is 3.44. The molecule has 4 amide bonds. The number of unbranched alkanes of at least 4 members (excludes halogenated alkanes) is 20. The van der Waals surface area contributed by atoms with E-state index in [0.717, 1.165) is 55.3 Å². The number of imide groups is 2. The summed E-state index contributed by atoms with van der Waals surface area (Å²) < 4.78 is 23.8. The van der Waals surface area contributed by atoms with Gasteiger partial charge in [0.15, 0.2) is 0 Å². The van der Waals surface area contributed by atoms with Crippen molar-refractivity contribution < 1.29 is 47.8 Å². The van der Waals surface area contributed by atoms with Crippen molar-refractivity contribution in [3.05, 3.63) is 70.8 Å². The molecule has 0 saturated heterocycles. The highest BCUT2D eigenvalue weighted by molar-refractivity contribution is 6.41. The van der Waals surface area contributed by atoms with Gasteiger partial charge in [-0.05, 0) is 97.1 Å². The van der Waals surface area contributed by atoms with E-state index in [1.807, 2.05) is 38.1 Å². The van der Waals surface area contributed by atoms with Gasteiger partial charge in [0.25, 0.3) is 23.6 Å². The maximum Gasteiger partial charge on any atom is 0.285 e. The lowest BCUT2D eigenvalue weighted by Crippen LogP contribution is -2.43. The lowest BCUT2D eigenvalue weighted by molar-refractivity contribution is -0.155. The Hall–Kier alpha value is -4.56. The summed E-state index contributed by atoms with van der Waals surface area (Å²) in [5.74, 6) is -2.20. The molecule has 0 fully saturated rings. The van der Waals surface area contributed by atoms with Crippen molar-refractivity contribution in [3.8, 4) is 0 Å². The number of amides is 4. The first-order valence-corrected chi connectivity index (χ1v) is 28.8. The highest BCUT2D eigenvalue weighted by atomic mass is 16.7. The van der Waals surface area contributed by atoms with Gasteiger partial charge in [-0.15, -0.1) is 10.1 Å². The minimum absolute atomic E-state index is 0.169. The van der Waals surface area contributed by atoms with Crippen LogP contribution in [0.5, 0.6) is 0 Å². The summed E-state index contributed by atoms with van der Waals surface area (Å²) in [4.78, 5) is 68.6. The van der Waals surface area contributed by atoms with Crippen LogP contribution in [0.2, 0.25) is 0 Å². The molecule has 0 aromatic heterocycles. The molecule has 0 spiro atoms. The quantitative estimate of drug-likeness (QED) is 0.0163. The van der Waals surface area contributed by atoms with Gasteiger partial charge in [0.1, 0.15) is 12.2 Å². The van der Waals surface area contributed by atoms with E-state index in [-0.39, 0.29) is 25.4 Å². The normalized spacial score (nSPS) is 15.5. The van der Waals surface area contributed by atoms with Crippen LogP contribution < -0.4 is 0 Å².